The van der Waals surface area contributed by atoms with Crippen molar-refractivity contribution in [2.24, 2.45) is 0 Å². The van der Waals surface area contributed by atoms with E-state index in [2.05, 4.69) is 105 Å². The highest BCUT2D eigenvalue weighted by Crippen LogP contribution is 2.43. The summed E-state index contributed by atoms with van der Waals surface area (Å²) < 4.78 is 30.6. The lowest BCUT2D eigenvalue weighted by molar-refractivity contribution is -0.870. The van der Waals surface area contributed by atoms with Crippen LogP contribution in [0.1, 0.15) is 278 Å². The highest BCUT2D eigenvalue weighted by atomic mass is 31.2. The van der Waals surface area contributed by atoms with Gasteiger partial charge in [0.15, 0.2) is 0 Å². The summed E-state index contributed by atoms with van der Waals surface area (Å²) in [6.45, 7) is 6.85. The Bertz CT molecular complexity index is 1670. The van der Waals surface area contributed by atoms with Gasteiger partial charge in [0.05, 0.1) is 33.8 Å². The van der Waals surface area contributed by atoms with Crippen molar-refractivity contribution in [2.75, 3.05) is 40.9 Å². The molecule has 9 nitrogen and oxygen atoms in total. The number of carbonyl (C=O) groups excluding carboxylic acids is 2. The van der Waals surface area contributed by atoms with Crippen molar-refractivity contribution in [1.82, 2.24) is 5.32 Å². The molecule has 1 amide bonds. The number of quaternary nitrogens is 1. The number of ether oxygens (including phenoxy) is 1. The number of hydrogen-bond donors (Lipinski definition) is 2. The fourth-order valence-corrected chi connectivity index (χ4v) is 9.76. The first-order chi connectivity index (χ1) is 38.4. The summed E-state index contributed by atoms with van der Waals surface area (Å²) in [7, 11) is 1.45. The number of rotatable bonds is 58. The van der Waals surface area contributed by atoms with E-state index in [4.69, 9.17) is 13.8 Å². The Morgan fingerprint density at radius 3 is 1.24 bits per heavy atom. The van der Waals surface area contributed by atoms with Crippen LogP contribution in [0.15, 0.2) is 97.2 Å². The number of likely N-dealkylation sites (N-methyl/N-ethyl adjacent to an activating group) is 1. The number of hydrogen-bond acceptors (Lipinski definition) is 6. The lowest BCUT2D eigenvalue weighted by Gasteiger charge is -2.27. The van der Waals surface area contributed by atoms with Crippen LogP contribution in [0, 0.1) is 0 Å². The number of unbranched alkanes of at least 4 members (excludes halogenated alkanes) is 28. The van der Waals surface area contributed by atoms with Crippen LogP contribution in [0.3, 0.4) is 0 Å². The van der Waals surface area contributed by atoms with Gasteiger partial charge in [0, 0.05) is 12.8 Å². The molecule has 0 spiro atoms. The van der Waals surface area contributed by atoms with Gasteiger partial charge in [0.2, 0.25) is 5.91 Å². The van der Waals surface area contributed by atoms with E-state index in [9.17, 15) is 19.0 Å². The smallest absolute Gasteiger partial charge is 0.456 e. The van der Waals surface area contributed by atoms with Crippen LogP contribution in [0.4, 0.5) is 0 Å². The zero-order valence-electron chi connectivity index (χ0n) is 52.1. The van der Waals surface area contributed by atoms with Crippen molar-refractivity contribution < 1.29 is 37.3 Å². The number of nitrogens with zero attached hydrogens (tertiary/aromatic N) is 1. The van der Waals surface area contributed by atoms with Crippen LogP contribution < -0.4 is 5.32 Å². The second kappa shape index (κ2) is 58.1. The Balaban J connectivity index is 5.22. The highest BCUT2D eigenvalue weighted by Gasteiger charge is 2.30. The van der Waals surface area contributed by atoms with Crippen LogP contribution >= 0.6 is 7.82 Å². The molecule has 0 fully saturated rings. The van der Waals surface area contributed by atoms with Crippen LogP contribution in [-0.4, -0.2) is 74.3 Å². The Hall–Kier alpha value is -3.07. The summed E-state index contributed by atoms with van der Waals surface area (Å²) in [5.41, 5.74) is 0. The van der Waals surface area contributed by atoms with Crippen molar-refractivity contribution in [1.29, 1.82) is 0 Å². The Labute approximate surface area is 488 Å². The molecule has 0 aliphatic rings. The molecule has 0 heterocycles. The molecule has 0 radical (unpaired) electrons. The van der Waals surface area contributed by atoms with Crippen LogP contribution in [-0.2, 0) is 27.9 Å². The Kier molecular flexibility index (Phi) is 55.9. The van der Waals surface area contributed by atoms with Gasteiger partial charge in [-0.25, -0.2) is 4.57 Å². The standard InChI is InChI=1S/C69H123N2O7P/c1-7-10-13-16-19-22-25-27-29-31-33-34-35-36-38-39-41-43-46-49-52-55-58-61-68(72)70-66(65-77-79(74,75)76-64-63-71(4,5)6)67(60-57-54-51-48-45-24-21-18-15-12-9-3)78-69(73)62-59-56-53-50-47-44-42-40-37-32-30-28-26-23-20-17-14-11-8-2/h11,14,20,23,27-30,37,40,44,47,53,56-57,60,66-67H,7-10,12-13,15-19,21-22,24-26,31-36,38-39,41-43,45-46,48-52,54-55,58-59,61-65H2,1-6H3,(H-,70,72,74,75)/p+1/b14-11-,23-20-,29-27+,30-28-,40-37-,47-44-,56-53-,60-57-. The normalized spacial score (nSPS) is 14.3. The Morgan fingerprint density at radius 1 is 0.456 bits per heavy atom. The topological polar surface area (TPSA) is 111 Å². The van der Waals surface area contributed by atoms with Crippen molar-refractivity contribution in [3.8, 4) is 0 Å². The molecule has 0 aromatic heterocycles. The largest absolute Gasteiger partial charge is 0.472 e. The second-order valence-electron chi connectivity index (χ2n) is 22.9. The van der Waals surface area contributed by atoms with Gasteiger partial charge >= 0.3 is 13.8 Å². The van der Waals surface area contributed by atoms with E-state index >= 15 is 0 Å². The fourth-order valence-electron chi connectivity index (χ4n) is 9.02. The molecular formula is C69H124N2O7P+. The van der Waals surface area contributed by atoms with Crippen molar-refractivity contribution in [3.05, 3.63) is 97.2 Å². The molecule has 0 saturated carbocycles. The first-order valence-corrected chi connectivity index (χ1v) is 34.1. The molecule has 0 aromatic rings. The summed E-state index contributed by atoms with van der Waals surface area (Å²) in [6.07, 6.45) is 78.6. The van der Waals surface area contributed by atoms with Gasteiger partial charge in [-0.1, -0.05) is 266 Å². The quantitative estimate of drug-likeness (QED) is 0.0205. The molecule has 10 heteroatoms. The second-order valence-corrected chi connectivity index (χ2v) is 24.4. The summed E-state index contributed by atoms with van der Waals surface area (Å²) in [5, 5.41) is 3.04. The van der Waals surface area contributed by atoms with Gasteiger partial charge in [-0.15, -0.1) is 0 Å². The van der Waals surface area contributed by atoms with E-state index in [-0.39, 0.29) is 25.5 Å². The van der Waals surface area contributed by atoms with Crippen molar-refractivity contribution in [2.45, 2.75) is 290 Å². The predicted molar refractivity (Wildman–Crippen MR) is 341 cm³/mol. The van der Waals surface area contributed by atoms with E-state index in [1.54, 1.807) is 0 Å². The van der Waals surface area contributed by atoms with Gasteiger partial charge < -0.3 is 19.4 Å². The number of amides is 1. The van der Waals surface area contributed by atoms with Gasteiger partial charge in [-0.3, -0.25) is 18.6 Å². The molecule has 0 rings (SSSR count). The van der Waals surface area contributed by atoms with E-state index in [0.29, 0.717) is 23.9 Å². The van der Waals surface area contributed by atoms with Gasteiger partial charge in [0.1, 0.15) is 19.3 Å². The van der Waals surface area contributed by atoms with Gasteiger partial charge in [-0.2, -0.15) is 0 Å². The molecule has 0 aliphatic heterocycles. The minimum atomic E-state index is -4.47. The maximum Gasteiger partial charge on any atom is 0.472 e. The number of carbonyl (C=O) groups is 2. The Morgan fingerprint density at radius 2 is 0.823 bits per heavy atom. The van der Waals surface area contributed by atoms with E-state index < -0.39 is 25.9 Å². The van der Waals surface area contributed by atoms with Crippen LogP contribution in [0.25, 0.3) is 0 Å². The van der Waals surface area contributed by atoms with E-state index in [1.165, 1.54) is 161 Å². The molecule has 0 bridgehead atoms. The van der Waals surface area contributed by atoms with E-state index in [0.717, 1.165) is 77.0 Å². The molecule has 79 heavy (non-hydrogen) atoms. The number of allylic oxidation sites excluding steroid dienone is 15. The molecular weight excluding hydrogens is 1000 g/mol. The monoisotopic (exact) mass is 1120 g/mol. The molecule has 456 valence electrons. The average Bonchev–Trinajstić information content (AvgIpc) is 3.41. The highest BCUT2D eigenvalue weighted by molar-refractivity contribution is 7.47. The van der Waals surface area contributed by atoms with Gasteiger partial charge in [0.25, 0.3) is 0 Å². The zero-order chi connectivity index (χ0) is 57.9. The SMILES string of the molecule is CC/C=C\C/C=C\C/C=C\C/C=C\C/C=C\C/C=C\CCC(=O)OC(/C=C\CCCCCCCCCCC)C(COP(=O)(O)OCC[N+](C)(C)C)NC(=O)CCCCCCCCCCCCCCC/C=C/CCCCCCCC. The summed E-state index contributed by atoms with van der Waals surface area (Å²) in [4.78, 5) is 37.7. The molecule has 0 aromatic carbocycles. The number of phosphoric ester groups is 1. The maximum absolute atomic E-state index is 13.6. The third-order valence-electron chi connectivity index (χ3n) is 14.0. The van der Waals surface area contributed by atoms with Crippen molar-refractivity contribution >= 4 is 19.7 Å². The maximum atomic E-state index is 13.6. The molecule has 0 aliphatic carbocycles. The summed E-state index contributed by atoms with van der Waals surface area (Å²) >= 11 is 0. The zero-order valence-corrected chi connectivity index (χ0v) is 53.0. The van der Waals surface area contributed by atoms with E-state index in [1.807, 2.05) is 39.4 Å². The third-order valence-corrected chi connectivity index (χ3v) is 15.0. The predicted octanol–water partition coefficient (Wildman–Crippen LogP) is 20.3. The van der Waals surface area contributed by atoms with Crippen LogP contribution in [0.5, 0.6) is 0 Å². The summed E-state index contributed by atoms with van der Waals surface area (Å²) in [6, 6.07) is -0.883. The first-order valence-electron chi connectivity index (χ1n) is 32.6. The lowest BCUT2D eigenvalue weighted by atomic mass is 10.0. The number of nitrogens with one attached hydrogen (secondary N) is 1. The first kappa shape index (κ1) is 75.9. The fraction of sp³-hybridized carbons (Fsp3) is 0.739. The third kappa shape index (κ3) is 59.4. The van der Waals surface area contributed by atoms with Crippen LogP contribution in [0.2, 0.25) is 0 Å². The van der Waals surface area contributed by atoms with Crippen molar-refractivity contribution in [3.63, 3.8) is 0 Å². The molecule has 2 N–H and O–H groups in total. The minimum absolute atomic E-state index is 0.0256. The molecule has 3 unspecified atom stereocenters. The summed E-state index contributed by atoms with van der Waals surface area (Å²) in [5.74, 6) is -0.603. The average molecular weight is 1120 g/mol. The number of phosphoric acid groups is 1. The minimum Gasteiger partial charge on any atom is -0.456 e. The number of esters is 1. The molecule has 3 atom stereocenters. The van der Waals surface area contributed by atoms with Gasteiger partial charge in [-0.05, 0) is 96.0 Å². The lowest BCUT2D eigenvalue weighted by Crippen LogP contribution is -2.47. The molecule has 0 saturated heterocycles.